The molecule has 0 spiro atoms. The Morgan fingerprint density at radius 1 is 1.33 bits per heavy atom. The van der Waals surface area contributed by atoms with Gasteiger partial charge in [0.15, 0.2) is 0 Å². The van der Waals surface area contributed by atoms with E-state index < -0.39 is 0 Å². The van der Waals surface area contributed by atoms with Crippen molar-refractivity contribution in [3.8, 4) is 5.75 Å². The fourth-order valence-electron chi connectivity index (χ4n) is 2.21. The number of nitrogens with one attached hydrogen (secondary N) is 1. The van der Waals surface area contributed by atoms with E-state index in [0.29, 0.717) is 0 Å². The fraction of sp³-hybridized carbons (Fsp3) is 0.231. The molecule has 0 saturated carbocycles. The predicted octanol–water partition coefficient (Wildman–Crippen LogP) is 0.964. The van der Waals surface area contributed by atoms with Crippen LogP contribution in [0.3, 0.4) is 0 Å². The van der Waals surface area contributed by atoms with Crippen molar-refractivity contribution in [2.75, 3.05) is 6.61 Å². The minimum absolute atomic E-state index is 0.126. The molecule has 2 aromatic rings. The van der Waals surface area contributed by atoms with Crippen molar-refractivity contribution in [3.05, 3.63) is 53.6 Å². The van der Waals surface area contributed by atoms with E-state index in [1.807, 2.05) is 18.2 Å². The van der Waals surface area contributed by atoms with Gasteiger partial charge in [-0.05, 0) is 29.3 Å². The molecule has 0 bridgehead atoms. The first kappa shape index (κ1) is 11.1. The predicted molar refractivity (Wildman–Crippen MR) is 66.8 cm³/mol. The maximum absolute atomic E-state index is 5.64. The summed E-state index contributed by atoms with van der Waals surface area (Å²) in [5.74, 6) is 6.61. The number of hydrogen-bond acceptors (Lipinski definition) is 5. The minimum atomic E-state index is -0.126. The Kier molecular flexibility index (Phi) is 2.92. The van der Waals surface area contributed by atoms with Crippen molar-refractivity contribution in [2.24, 2.45) is 5.84 Å². The summed E-state index contributed by atoms with van der Waals surface area (Å²) in [6.07, 6.45) is 4.18. The molecular formula is C13H14N4O. The Balaban J connectivity index is 1.97. The van der Waals surface area contributed by atoms with Gasteiger partial charge >= 0.3 is 0 Å². The average molecular weight is 242 g/mol. The molecule has 0 aliphatic carbocycles. The minimum Gasteiger partial charge on any atom is -0.493 e. The third kappa shape index (κ3) is 1.94. The molecule has 0 amide bonds. The summed E-state index contributed by atoms with van der Waals surface area (Å²) in [6, 6.07) is 7.85. The van der Waals surface area contributed by atoms with E-state index in [2.05, 4.69) is 21.5 Å². The Morgan fingerprint density at radius 3 is 3.06 bits per heavy atom. The van der Waals surface area contributed by atoms with Gasteiger partial charge in [-0.15, -0.1) is 0 Å². The number of rotatable bonds is 3. The zero-order chi connectivity index (χ0) is 12.4. The number of hydrogen-bond donors (Lipinski definition) is 2. The highest BCUT2D eigenvalue weighted by atomic mass is 16.5. The number of hydrazine groups is 1. The molecule has 1 atom stereocenters. The molecule has 2 heterocycles. The van der Waals surface area contributed by atoms with Crippen LogP contribution >= 0.6 is 0 Å². The lowest BCUT2D eigenvalue weighted by Gasteiger charge is -2.16. The summed E-state index contributed by atoms with van der Waals surface area (Å²) in [5.41, 5.74) is 5.96. The third-order valence-electron chi connectivity index (χ3n) is 3.11. The number of fused-ring (bicyclic) bond motifs is 1. The van der Waals surface area contributed by atoms with E-state index in [0.717, 1.165) is 30.0 Å². The number of aromatic nitrogens is 2. The van der Waals surface area contributed by atoms with Crippen molar-refractivity contribution < 1.29 is 4.74 Å². The number of benzene rings is 1. The lowest BCUT2D eigenvalue weighted by molar-refractivity contribution is 0.357. The van der Waals surface area contributed by atoms with E-state index in [-0.39, 0.29) is 6.04 Å². The zero-order valence-electron chi connectivity index (χ0n) is 9.84. The topological polar surface area (TPSA) is 73.1 Å². The second-order valence-corrected chi connectivity index (χ2v) is 4.20. The first-order valence-electron chi connectivity index (χ1n) is 5.86. The van der Waals surface area contributed by atoms with E-state index in [9.17, 15) is 0 Å². The van der Waals surface area contributed by atoms with Crippen LogP contribution in [-0.2, 0) is 6.42 Å². The van der Waals surface area contributed by atoms with Crippen molar-refractivity contribution >= 4 is 0 Å². The van der Waals surface area contributed by atoms with Crippen molar-refractivity contribution in [2.45, 2.75) is 12.5 Å². The molecule has 0 radical (unpaired) electrons. The summed E-state index contributed by atoms with van der Waals surface area (Å²) in [7, 11) is 0. The van der Waals surface area contributed by atoms with E-state index in [4.69, 9.17) is 10.6 Å². The van der Waals surface area contributed by atoms with Crippen LogP contribution in [0.1, 0.15) is 22.9 Å². The van der Waals surface area contributed by atoms with Crippen molar-refractivity contribution in [3.63, 3.8) is 0 Å². The summed E-state index contributed by atoms with van der Waals surface area (Å²) < 4.78 is 5.50. The Labute approximate surface area is 105 Å². The summed E-state index contributed by atoms with van der Waals surface area (Å²) in [5, 5.41) is 0. The molecule has 5 heteroatoms. The molecular weight excluding hydrogens is 228 g/mol. The molecule has 3 rings (SSSR count). The normalized spacial score (nSPS) is 14.9. The van der Waals surface area contributed by atoms with Crippen LogP contribution in [-0.4, -0.2) is 16.6 Å². The van der Waals surface area contributed by atoms with Gasteiger partial charge in [-0.1, -0.05) is 6.07 Å². The Bertz CT molecular complexity index is 544. The fourth-order valence-corrected chi connectivity index (χ4v) is 2.21. The summed E-state index contributed by atoms with van der Waals surface area (Å²) in [6.45, 7) is 0.757. The van der Waals surface area contributed by atoms with Crippen LogP contribution in [0.15, 0.2) is 36.8 Å². The SMILES string of the molecule is NNC(c1ccc2c(c1)CCO2)c1ccncn1. The number of nitrogens with two attached hydrogens (primary N) is 1. The molecule has 1 aromatic heterocycles. The third-order valence-corrected chi connectivity index (χ3v) is 3.11. The van der Waals surface area contributed by atoms with E-state index in [1.54, 1.807) is 6.20 Å². The quantitative estimate of drug-likeness (QED) is 0.619. The van der Waals surface area contributed by atoms with Gasteiger partial charge in [-0.25, -0.2) is 15.4 Å². The molecule has 1 aliphatic heterocycles. The first-order chi connectivity index (χ1) is 8.88. The summed E-state index contributed by atoms with van der Waals surface area (Å²) >= 11 is 0. The molecule has 1 unspecified atom stereocenters. The van der Waals surface area contributed by atoms with Crippen LogP contribution in [0.2, 0.25) is 0 Å². The standard InChI is InChI=1S/C13H14N4O/c14-17-13(11-3-5-15-8-16-11)10-1-2-12-9(7-10)4-6-18-12/h1-3,5,7-8,13,17H,4,6,14H2. The van der Waals surface area contributed by atoms with Crippen LogP contribution < -0.4 is 16.0 Å². The molecule has 1 aliphatic rings. The van der Waals surface area contributed by atoms with Gasteiger partial charge < -0.3 is 4.74 Å². The number of nitrogens with zero attached hydrogens (tertiary/aromatic N) is 2. The van der Waals surface area contributed by atoms with Gasteiger partial charge in [0.2, 0.25) is 0 Å². The Hall–Kier alpha value is -1.98. The van der Waals surface area contributed by atoms with Gasteiger partial charge in [0.25, 0.3) is 0 Å². The van der Waals surface area contributed by atoms with Crippen molar-refractivity contribution in [1.82, 2.24) is 15.4 Å². The molecule has 1 aromatic carbocycles. The van der Waals surface area contributed by atoms with Gasteiger partial charge in [-0.3, -0.25) is 5.84 Å². The monoisotopic (exact) mass is 242 g/mol. The molecule has 18 heavy (non-hydrogen) atoms. The van der Waals surface area contributed by atoms with Gasteiger partial charge in [0.05, 0.1) is 18.3 Å². The molecule has 92 valence electrons. The molecule has 0 fully saturated rings. The number of ether oxygens (including phenoxy) is 1. The molecule has 0 saturated heterocycles. The average Bonchev–Trinajstić information content (AvgIpc) is 2.88. The Morgan fingerprint density at radius 2 is 2.28 bits per heavy atom. The zero-order valence-corrected chi connectivity index (χ0v) is 9.84. The lowest BCUT2D eigenvalue weighted by atomic mass is 10.0. The highest BCUT2D eigenvalue weighted by Crippen LogP contribution is 2.29. The first-order valence-corrected chi connectivity index (χ1v) is 5.86. The van der Waals surface area contributed by atoms with Crippen LogP contribution in [0.5, 0.6) is 5.75 Å². The van der Waals surface area contributed by atoms with Gasteiger partial charge in [-0.2, -0.15) is 0 Å². The highest BCUT2D eigenvalue weighted by Gasteiger charge is 2.18. The van der Waals surface area contributed by atoms with E-state index in [1.165, 1.54) is 11.9 Å². The maximum atomic E-state index is 5.64. The van der Waals surface area contributed by atoms with Gasteiger partial charge in [0, 0.05) is 12.6 Å². The maximum Gasteiger partial charge on any atom is 0.122 e. The molecule has 3 N–H and O–H groups in total. The smallest absolute Gasteiger partial charge is 0.122 e. The van der Waals surface area contributed by atoms with E-state index >= 15 is 0 Å². The largest absolute Gasteiger partial charge is 0.493 e. The lowest BCUT2D eigenvalue weighted by Crippen LogP contribution is -2.29. The van der Waals surface area contributed by atoms with Crippen LogP contribution in [0.4, 0.5) is 0 Å². The van der Waals surface area contributed by atoms with Crippen LogP contribution in [0, 0.1) is 0 Å². The van der Waals surface area contributed by atoms with Crippen LogP contribution in [0.25, 0.3) is 0 Å². The molecule has 5 nitrogen and oxygen atoms in total. The highest BCUT2D eigenvalue weighted by molar-refractivity contribution is 5.42. The summed E-state index contributed by atoms with van der Waals surface area (Å²) in [4.78, 5) is 8.15. The second-order valence-electron chi connectivity index (χ2n) is 4.20. The second kappa shape index (κ2) is 4.72. The van der Waals surface area contributed by atoms with Gasteiger partial charge in [0.1, 0.15) is 12.1 Å². The van der Waals surface area contributed by atoms with Crippen molar-refractivity contribution in [1.29, 1.82) is 0 Å².